The summed E-state index contributed by atoms with van der Waals surface area (Å²) in [5.41, 5.74) is 0.588. The molecule has 2 aromatic rings. The van der Waals surface area contributed by atoms with Gasteiger partial charge in [0.2, 0.25) is 11.8 Å². The quantitative estimate of drug-likeness (QED) is 0.872. The molecule has 1 aromatic heterocycles. The van der Waals surface area contributed by atoms with Crippen molar-refractivity contribution < 1.29 is 18.4 Å². The lowest BCUT2D eigenvalue weighted by Gasteiger charge is -2.27. The molecule has 132 valence electrons. The Balaban J connectivity index is 1.43. The molecule has 0 bridgehead atoms. The average Bonchev–Trinajstić information content (AvgIpc) is 3.15. The minimum atomic E-state index is -0.334. The fourth-order valence-corrected chi connectivity index (χ4v) is 3.13. The molecule has 1 aliphatic rings. The van der Waals surface area contributed by atoms with E-state index in [1.807, 2.05) is 6.07 Å². The van der Waals surface area contributed by atoms with Crippen LogP contribution in [0, 0.1) is 17.7 Å². The van der Waals surface area contributed by atoms with Crippen LogP contribution in [0.2, 0.25) is 0 Å². The second-order valence-electron chi connectivity index (χ2n) is 6.34. The van der Waals surface area contributed by atoms with Crippen molar-refractivity contribution in [1.29, 1.82) is 0 Å². The molecular weight excluding hydrogens is 323 g/mol. The lowest BCUT2D eigenvalue weighted by molar-refractivity contribution is -0.128. The smallest absolute Gasteiger partial charge is 0.227 e. The third-order valence-corrected chi connectivity index (χ3v) is 4.60. The van der Waals surface area contributed by atoms with Crippen LogP contribution < -0.4 is 10.6 Å². The van der Waals surface area contributed by atoms with Gasteiger partial charge in [-0.15, -0.1) is 0 Å². The van der Waals surface area contributed by atoms with Crippen molar-refractivity contribution in [2.45, 2.75) is 32.2 Å². The highest BCUT2D eigenvalue weighted by atomic mass is 19.1. The van der Waals surface area contributed by atoms with Gasteiger partial charge >= 0.3 is 0 Å². The Kier molecular flexibility index (Phi) is 5.48. The van der Waals surface area contributed by atoms with Crippen LogP contribution in [0.5, 0.6) is 0 Å². The van der Waals surface area contributed by atoms with Crippen molar-refractivity contribution in [3.05, 3.63) is 54.2 Å². The van der Waals surface area contributed by atoms with Gasteiger partial charge in [0, 0.05) is 17.5 Å². The van der Waals surface area contributed by atoms with Gasteiger partial charge in [-0.1, -0.05) is 0 Å². The van der Waals surface area contributed by atoms with Crippen molar-refractivity contribution in [3.63, 3.8) is 0 Å². The molecule has 1 aliphatic carbocycles. The van der Waals surface area contributed by atoms with E-state index in [4.69, 9.17) is 4.42 Å². The Labute approximate surface area is 145 Å². The first kappa shape index (κ1) is 17.2. The molecule has 25 heavy (non-hydrogen) atoms. The maximum atomic E-state index is 12.9. The van der Waals surface area contributed by atoms with Crippen LogP contribution in [-0.4, -0.2) is 11.8 Å². The molecule has 3 rings (SSSR count). The third-order valence-electron chi connectivity index (χ3n) is 4.60. The van der Waals surface area contributed by atoms with Crippen LogP contribution in [-0.2, 0) is 16.1 Å². The molecule has 0 spiro atoms. The summed E-state index contributed by atoms with van der Waals surface area (Å²) in [5.74, 6) is 0.152. The van der Waals surface area contributed by atoms with Crippen molar-refractivity contribution in [2.24, 2.45) is 11.8 Å². The van der Waals surface area contributed by atoms with E-state index in [9.17, 15) is 14.0 Å². The predicted molar refractivity (Wildman–Crippen MR) is 91.0 cm³/mol. The standard InChI is InChI=1S/C19H21FN2O3/c20-15-7-9-16(10-8-15)22-19(24)14-5-3-13(4-6-14)18(23)21-12-17-2-1-11-25-17/h1-2,7-11,13-14H,3-6,12H2,(H,21,23)(H,22,24). The van der Waals surface area contributed by atoms with Crippen LogP contribution in [0.4, 0.5) is 10.1 Å². The van der Waals surface area contributed by atoms with Gasteiger partial charge in [0.05, 0.1) is 12.8 Å². The SMILES string of the molecule is O=C(NCc1ccco1)C1CCC(C(=O)Nc2ccc(F)cc2)CC1. The van der Waals surface area contributed by atoms with Crippen molar-refractivity contribution in [1.82, 2.24) is 5.32 Å². The molecule has 2 N–H and O–H groups in total. The maximum absolute atomic E-state index is 12.9. The highest BCUT2D eigenvalue weighted by molar-refractivity contribution is 5.92. The highest BCUT2D eigenvalue weighted by Gasteiger charge is 2.29. The number of carbonyl (C=O) groups excluding carboxylic acids is 2. The molecule has 1 saturated carbocycles. The zero-order chi connectivity index (χ0) is 17.6. The van der Waals surface area contributed by atoms with Gasteiger partial charge in [-0.25, -0.2) is 4.39 Å². The zero-order valence-corrected chi connectivity index (χ0v) is 13.8. The van der Waals surface area contributed by atoms with Crippen molar-refractivity contribution in [2.75, 3.05) is 5.32 Å². The van der Waals surface area contributed by atoms with E-state index < -0.39 is 0 Å². The van der Waals surface area contributed by atoms with Gasteiger partial charge < -0.3 is 15.1 Å². The van der Waals surface area contributed by atoms with Crippen LogP contribution in [0.25, 0.3) is 0 Å². The highest BCUT2D eigenvalue weighted by Crippen LogP contribution is 2.30. The number of benzene rings is 1. The fraction of sp³-hybridized carbons (Fsp3) is 0.368. The number of furan rings is 1. The topological polar surface area (TPSA) is 71.3 Å². The molecule has 2 amide bonds. The molecule has 0 saturated heterocycles. The molecule has 5 nitrogen and oxygen atoms in total. The van der Waals surface area contributed by atoms with Crippen LogP contribution in [0.1, 0.15) is 31.4 Å². The minimum absolute atomic E-state index is 0.00814. The van der Waals surface area contributed by atoms with Crippen LogP contribution in [0.15, 0.2) is 47.1 Å². The Morgan fingerprint density at radius 1 is 1.00 bits per heavy atom. The van der Waals surface area contributed by atoms with Gasteiger partial charge in [-0.2, -0.15) is 0 Å². The molecular formula is C19H21FN2O3. The third kappa shape index (κ3) is 4.68. The summed E-state index contributed by atoms with van der Waals surface area (Å²) in [5, 5.41) is 5.68. The van der Waals surface area contributed by atoms with Crippen molar-refractivity contribution in [3.8, 4) is 0 Å². The molecule has 0 atom stereocenters. The number of amides is 2. The summed E-state index contributed by atoms with van der Waals surface area (Å²) >= 11 is 0. The number of hydrogen-bond donors (Lipinski definition) is 2. The summed E-state index contributed by atoms with van der Waals surface area (Å²) in [6.07, 6.45) is 4.29. The molecule has 6 heteroatoms. The molecule has 0 radical (unpaired) electrons. The first-order valence-corrected chi connectivity index (χ1v) is 8.48. The lowest BCUT2D eigenvalue weighted by atomic mass is 9.81. The van der Waals surface area contributed by atoms with E-state index >= 15 is 0 Å². The molecule has 1 aromatic carbocycles. The van der Waals surface area contributed by atoms with Crippen molar-refractivity contribution >= 4 is 17.5 Å². The van der Waals surface area contributed by atoms with E-state index in [0.29, 0.717) is 37.9 Å². The summed E-state index contributed by atoms with van der Waals surface area (Å²) in [4.78, 5) is 24.5. The number of carbonyl (C=O) groups is 2. The summed E-state index contributed by atoms with van der Waals surface area (Å²) in [6.45, 7) is 0.386. The molecule has 1 heterocycles. The Morgan fingerprint density at radius 2 is 1.64 bits per heavy atom. The number of hydrogen-bond acceptors (Lipinski definition) is 3. The number of halogens is 1. The molecule has 0 unspecified atom stereocenters. The molecule has 0 aliphatic heterocycles. The second kappa shape index (κ2) is 7.96. The van der Waals surface area contributed by atoms with Gasteiger partial charge in [0.1, 0.15) is 11.6 Å². The van der Waals surface area contributed by atoms with Crippen LogP contribution >= 0.6 is 0 Å². The zero-order valence-electron chi connectivity index (χ0n) is 13.8. The Hall–Kier alpha value is -2.63. The number of rotatable bonds is 5. The average molecular weight is 344 g/mol. The number of nitrogens with one attached hydrogen (secondary N) is 2. The number of anilines is 1. The maximum Gasteiger partial charge on any atom is 0.227 e. The normalized spacial score (nSPS) is 20.0. The van der Waals surface area contributed by atoms with Gasteiger partial charge in [0.15, 0.2) is 0 Å². The first-order chi connectivity index (χ1) is 12.1. The molecule has 1 fully saturated rings. The second-order valence-corrected chi connectivity index (χ2v) is 6.34. The monoisotopic (exact) mass is 344 g/mol. The Morgan fingerprint density at radius 3 is 2.24 bits per heavy atom. The van der Waals surface area contributed by atoms with Crippen LogP contribution in [0.3, 0.4) is 0 Å². The van der Waals surface area contributed by atoms with Gasteiger partial charge in [-0.05, 0) is 62.1 Å². The van der Waals surface area contributed by atoms with E-state index in [-0.39, 0.29) is 29.5 Å². The van der Waals surface area contributed by atoms with E-state index in [0.717, 1.165) is 5.76 Å². The first-order valence-electron chi connectivity index (χ1n) is 8.48. The van der Waals surface area contributed by atoms with E-state index in [2.05, 4.69) is 10.6 Å². The lowest BCUT2D eigenvalue weighted by Crippen LogP contribution is -2.35. The van der Waals surface area contributed by atoms with Gasteiger partial charge in [-0.3, -0.25) is 9.59 Å². The van der Waals surface area contributed by atoms with E-state index in [1.54, 1.807) is 24.5 Å². The fourth-order valence-electron chi connectivity index (χ4n) is 3.13. The van der Waals surface area contributed by atoms with E-state index in [1.165, 1.54) is 12.1 Å². The predicted octanol–water partition coefficient (Wildman–Crippen LogP) is 3.48. The summed E-state index contributed by atoms with van der Waals surface area (Å²) < 4.78 is 18.1. The minimum Gasteiger partial charge on any atom is -0.467 e. The van der Waals surface area contributed by atoms with Gasteiger partial charge in [0.25, 0.3) is 0 Å². The largest absolute Gasteiger partial charge is 0.467 e. The summed E-state index contributed by atoms with van der Waals surface area (Å²) in [6, 6.07) is 9.32. The summed E-state index contributed by atoms with van der Waals surface area (Å²) in [7, 11) is 0. The Bertz CT molecular complexity index is 705.